The molecule has 0 bridgehead atoms. The van der Waals surface area contributed by atoms with Gasteiger partial charge in [0, 0.05) is 44.6 Å². The second-order valence-corrected chi connectivity index (χ2v) is 8.31. The third-order valence-electron chi connectivity index (χ3n) is 4.94. The molecule has 1 fully saturated rings. The lowest BCUT2D eigenvalue weighted by Gasteiger charge is -2.35. The largest absolute Gasteiger partial charge is 0.497 e. The Morgan fingerprint density at radius 3 is 2.54 bits per heavy atom. The number of nitrogens with zero attached hydrogens (tertiary/aromatic N) is 2. The average molecular weight is 410 g/mol. The molecule has 8 nitrogen and oxygen atoms in total. The van der Waals surface area contributed by atoms with E-state index in [1.165, 1.54) is 20.3 Å². The maximum atomic E-state index is 13.0. The van der Waals surface area contributed by atoms with Crippen molar-refractivity contribution >= 4 is 10.0 Å². The summed E-state index contributed by atoms with van der Waals surface area (Å²) in [5.74, 6) is 0.725. The minimum absolute atomic E-state index is 0.0574. The van der Waals surface area contributed by atoms with E-state index in [0.717, 1.165) is 18.8 Å². The molecular weight excluding hydrogens is 382 g/mol. The van der Waals surface area contributed by atoms with E-state index in [2.05, 4.69) is 9.62 Å². The molecule has 0 unspecified atom stereocenters. The number of benzene rings is 1. The molecule has 1 saturated heterocycles. The molecule has 9 heteroatoms. The van der Waals surface area contributed by atoms with E-state index in [1.54, 1.807) is 12.1 Å². The van der Waals surface area contributed by atoms with Crippen LogP contribution in [0.4, 0.5) is 0 Å². The normalized spacial score (nSPS) is 16.7. The Balaban J connectivity index is 1.85. The number of hydrogen-bond acceptors (Lipinski definition) is 6. The number of rotatable bonds is 8. The molecule has 1 aliphatic rings. The van der Waals surface area contributed by atoms with Gasteiger partial charge in [0.05, 0.1) is 33.5 Å². The zero-order valence-corrected chi connectivity index (χ0v) is 17.2. The van der Waals surface area contributed by atoms with Crippen LogP contribution < -0.4 is 14.2 Å². The Morgan fingerprint density at radius 1 is 1.18 bits per heavy atom. The molecule has 0 aliphatic carbocycles. The highest BCUT2D eigenvalue weighted by Gasteiger charge is 2.28. The van der Waals surface area contributed by atoms with Gasteiger partial charge < -0.3 is 18.8 Å². The van der Waals surface area contributed by atoms with Crippen LogP contribution in [0.1, 0.15) is 11.7 Å². The Bertz CT molecular complexity index is 891. The SMILES string of the molecule is COc1ccc(OC)c(S(=O)(=O)NC[C@H](c2cccn2C)N2CCOCC2)c1. The molecular formula is C19H27N3O5S. The third kappa shape index (κ3) is 4.49. The van der Waals surface area contributed by atoms with Gasteiger partial charge >= 0.3 is 0 Å². The summed E-state index contributed by atoms with van der Waals surface area (Å²) in [7, 11) is 1.11. The van der Waals surface area contributed by atoms with Gasteiger partial charge in [-0.25, -0.2) is 13.1 Å². The van der Waals surface area contributed by atoms with Gasteiger partial charge in [0.2, 0.25) is 10.0 Å². The van der Waals surface area contributed by atoms with Gasteiger partial charge in [0.25, 0.3) is 0 Å². The van der Waals surface area contributed by atoms with Crippen LogP contribution in [0, 0.1) is 0 Å². The molecule has 0 amide bonds. The van der Waals surface area contributed by atoms with E-state index < -0.39 is 10.0 Å². The summed E-state index contributed by atoms with van der Waals surface area (Å²) in [4.78, 5) is 2.30. The summed E-state index contributed by atoms with van der Waals surface area (Å²) in [5.41, 5.74) is 1.04. The molecule has 2 aromatic rings. The first kappa shape index (κ1) is 20.7. The second-order valence-electron chi connectivity index (χ2n) is 6.58. The van der Waals surface area contributed by atoms with E-state index in [0.29, 0.717) is 19.0 Å². The van der Waals surface area contributed by atoms with Crippen molar-refractivity contribution in [1.82, 2.24) is 14.2 Å². The number of aromatic nitrogens is 1. The van der Waals surface area contributed by atoms with Crippen LogP contribution in [0.2, 0.25) is 0 Å². The fourth-order valence-electron chi connectivity index (χ4n) is 3.39. The lowest BCUT2D eigenvalue weighted by molar-refractivity contribution is 0.0158. The number of methoxy groups -OCH3 is 2. The van der Waals surface area contributed by atoms with Crippen LogP contribution in [0.3, 0.4) is 0 Å². The van der Waals surface area contributed by atoms with Crippen molar-refractivity contribution in [2.45, 2.75) is 10.9 Å². The smallest absolute Gasteiger partial charge is 0.244 e. The van der Waals surface area contributed by atoms with E-state index >= 15 is 0 Å². The average Bonchev–Trinajstić information content (AvgIpc) is 3.14. The van der Waals surface area contributed by atoms with Crippen LogP contribution in [0.15, 0.2) is 41.4 Å². The van der Waals surface area contributed by atoms with Crippen molar-refractivity contribution in [3.63, 3.8) is 0 Å². The number of aryl methyl sites for hydroxylation is 1. The highest BCUT2D eigenvalue weighted by Crippen LogP contribution is 2.29. The Morgan fingerprint density at radius 2 is 1.93 bits per heavy atom. The Kier molecular flexibility index (Phi) is 6.61. The fraction of sp³-hybridized carbons (Fsp3) is 0.474. The summed E-state index contributed by atoms with van der Waals surface area (Å²) in [5, 5.41) is 0. The van der Waals surface area contributed by atoms with Crippen LogP contribution in [0.25, 0.3) is 0 Å². The molecule has 1 aliphatic heterocycles. The topological polar surface area (TPSA) is 82.0 Å². The number of ether oxygens (including phenoxy) is 3. The number of nitrogens with one attached hydrogen (secondary N) is 1. The van der Waals surface area contributed by atoms with Crippen molar-refractivity contribution in [2.24, 2.45) is 7.05 Å². The summed E-state index contributed by atoms with van der Waals surface area (Å²) in [6.45, 7) is 3.01. The highest BCUT2D eigenvalue weighted by atomic mass is 32.2. The van der Waals surface area contributed by atoms with E-state index in [9.17, 15) is 8.42 Å². The molecule has 154 valence electrons. The summed E-state index contributed by atoms with van der Waals surface area (Å²) in [6, 6.07) is 8.59. The van der Waals surface area contributed by atoms with Crippen molar-refractivity contribution in [2.75, 3.05) is 47.1 Å². The van der Waals surface area contributed by atoms with Gasteiger partial charge in [-0.05, 0) is 24.3 Å². The molecule has 0 spiro atoms. The van der Waals surface area contributed by atoms with E-state index in [4.69, 9.17) is 14.2 Å². The van der Waals surface area contributed by atoms with Gasteiger partial charge in [-0.15, -0.1) is 0 Å². The minimum Gasteiger partial charge on any atom is -0.497 e. The predicted molar refractivity (Wildman–Crippen MR) is 105 cm³/mol. The first-order valence-electron chi connectivity index (χ1n) is 9.11. The van der Waals surface area contributed by atoms with Crippen LogP contribution in [-0.2, 0) is 21.8 Å². The first-order chi connectivity index (χ1) is 13.5. The van der Waals surface area contributed by atoms with E-state index in [1.807, 2.05) is 29.9 Å². The van der Waals surface area contributed by atoms with Crippen molar-refractivity contribution < 1.29 is 22.6 Å². The monoisotopic (exact) mass is 409 g/mol. The fourth-order valence-corrected chi connectivity index (χ4v) is 4.61. The number of morpholine rings is 1. The lowest BCUT2D eigenvalue weighted by atomic mass is 10.1. The molecule has 1 aromatic carbocycles. The van der Waals surface area contributed by atoms with Gasteiger partial charge in [0.15, 0.2) is 0 Å². The Hall–Kier alpha value is -2.07. The van der Waals surface area contributed by atoms with Crippen molar-refractivity contribution in [3.8, 4) is 11.5 Å². The molecule has 3 rings (SSSR count). The maximum Gasteiger partial charge on any atom is 0.244 e. The summed E-state index contributed by atoms with van der Waals surface area (Å²) < 4.78 is 46.7. The van der Waals surface area contributed by atoms with Gasteiger partial charge in [-0.2, -0.15) is 0 Å². The molecule has 1 N–H and O–H groups in total. The molecule has 0 radical (unpaired) electrons. The predicted octanol–water partition coefficient (Wildman–Crippen LogP) is 1.39. The standard InChI is InChI=1S/C19H27N3O5S/c1-21-8-4-5-16(21)17(22-9-11-27-12-10-22)14-20-28(23,24)19-13-15(25-2)6-7-18(19)26-3/h4-8,13,17,20H,9-12,14H2,1-3H3/t17-/m1/s1. The first-order valence-corrected chi connectivity index (χ1v) is 10.6. The van der Waals surface area contributed by atoms with Gasteiger partial charge in [0.1, 0.15) is 16.4 Å². The van der Waals surface area contributed by atoms with E-state index in [-0.39, 0.29) is 23.2 Å². The van der Waals surface area contributed by atoms with Crippen LogP contribution in [-0.4, -0.2) is 65.0 Å². The molecule has 1 atom stereocenters. The number of sulfonamides is 1. The van der Waals surface area contributed by atoms with Crippen LogP contribution >= 0.6 is 0 Å². The van der Waals surface area contributed by atoms with Crippen molar-refractivity contribution in [3.05, 3.63) is 42.2 Å². The molecule has 28 heavy (non-hydrogen) atoms. The molecule has 1 aromatic heterocycles. The lowest BCUT2D eigenvalue weighted by Crippen LogP contribution is -2.44. The Labute approximate surface area is 166 Å². The number of hydrogen-bond donors (Lipinski definition) is 1. The highest BCUT2D eigenvalue weighted by molar-refractivity contribution is 7.89. The second kappa shape index (κ2) is 8.95. The van der Waals surface area contributed by atoms with Gasteiger partial charge in [-0.3, -0.25) is 4.90 Å². The molecule has 0 saturated carbocycles. The maximum absolute atomic E-state index is 13.0. The van der Waals surface area contributed by atoms with Crippen LogP contribution in [0.5, 0.6) is 11.5 Å². The summed E-state index contributed by atoms with van der Waals surface area (Å²) in [6.07, 6.45) is 1.96. The quantitative estimate of drug-likeness (QED) is 0.710. The van der Waals surface area contributed by atoms with Crippen molar-refractivity contribution in [1.29, 1.82) is 0 Å². The van der Waals surface area contributed by atoms with Gasteiger partial charge in [-0.1, -0.05) is 0 Å². The zero-order valence-electron chi connectivity index (χ0n) is 16.4. The summed E-state index contributed by atoms with van der Waals surface area (Å²) >= 11 is 0. The third-order valence-corrected chi connectivity index (χ3v) is 6.38. The minimum atomic E-state index is -3.80. The molecule has 2 heterocycles. The zero-order chi connectivity index (χ0) is 20.1.